The number of nitrogens with one attached hydrogen (secondary N) is 1. The molecular weight excluding hydrogens is 318 g/mol. The van der Waals surface area contributed by atoms with Crippen molar-refractivity contribution in [3.05, 3.63) is 24.3 Å². The molecular formula is C19H27N3O3. The molecule has 0 bridgehead atoms. The quantitative estimate of drug-likeness (QED) is 0.728. The molecule has 6 nitrogen and oxygen atoms in total. The molecule has 136 valence electrons. The van der Waals surface area contributed by atoms with Crippen molar-refractivity contribution in [1.29, 1.82) is 0 Å². The van der Waals surface area contributed by atoms with Crippen LogP contribution >= 0.6 is 0 Å². The van der Waals surface area contributed by atoms with Crippen molar-refractivity contribution in [3.63, 3.8) is 0 Å². The molecule has 1 aliphatic carbocycles. The maximum atomic E-state index is 12.4. The summed E-state index contributed by atoms with van der Waals surface area (Å²) < 4.78 is 0. The van der Waals surface area contributed by atoms with Crippen LogP contribution in [-0.4, -0.2) is 41.0 Å². The molecule has 1 saturated carbocycles. The molecule has 3 rings (SSSR count). The lowest BCUT2D eigenvalue weighted by molar-refractivity contribution is -0.135. The van der Waals surface area contributed by atoms with E-state index in [-0.39, 0.29) is 29.5 Å². The number of carbonyl (C=O) groups is 2. The summed E-state index contributed by atoms with van der Waals surface area (Å²) in [4.78, 5) is 26.7. The Morgan fingerprint density at radius 3 is 2.40 bits per heavy atom. The Bertz CT molecular complexity index is 609. The van der Waals surface area contributed by atoms with E-state index in [0.29, 0.717) is 44.0 Å². The highest BCUT2D eigenvalue weighted by atomic mass is 16.3. The van der Waals surface area contributed by atoms with Crippen molar-refractivity contribution in [2.24, 2.45) is 17.6 Å². The zero-order chi connectivity index (χ0) is 17.8. The second-order valence-corrected chi connectivity index (χ2v) is 7.25. The Morgan fingerprint density at radius 2 is 1.80 bits per heavy atom. The molecule has 6 heteroatoms. The highest BCUT2D eigenvalue weighted by Crippen LogP contribution is 2.28. The number of rotatable bonds is 4. The second-order valence-electron chi connectivity index (χ2n) is 7.25. The van der Waals surface area contributed by atoms with Crippen LogP contribution in [0.3, 0.4) is 0 Å². The van der Waals surface area contributed by atoms with E-state index in [0.717, 1.165) is 19.3 Å². The van der Waals surface area contributed by atoms with Crippen molar-refractivity contribution < 1.29 is 14.7 Å². The molecule has 4 N–H and O–H groups in total. The average Bonchev–Trinajstić information content (AvgIpc) is 3.02. The number of benzene rings is 1. The van der Waals surface area contributed by atoms with E-state index in [2.05, 4.69) is 5.32 Å². The van der Waals surface area contributed by atoms with Crippen molar-refractivity contribution in [2.75, 3.05) is 18.4 Å². The van der Waals surface area contributed by atoms with Gasteiger partial charge in [0.05, 0.1) is 0 Å². The monoisotopic (exact) mass is 345 g/mol. The summed E-state index contributed by atoms with van der Waals surface area (Å²) in [6.07, 6.45) is 5.12. The van der Waals surface area contributed by atoms with Crippen molar-refractivity contribution in [3.8, 4) is 5.75 Å². The summed E-state index contributed by atoms with van der Waals surface area (Å²) >= 11 is 0. The molecule has 1 heterocycles. The number of amides is 2. The number of nitrogens with zero attached hydrogens (tertiary/aromatic N) is 1. The zero-order valence-corrected chi connectivity index (χ0v) is 14.5. The number of nitrogens with two attached hydrogens (primary N) is 1. The molecule has 25 heavy (non-hydrogen) atoms. The maximum absolute atomic E-state index is 12.4. The van der Waals surface area contributed by atoms with Crippen LogP contribution < -0.4 is 11.1 Å². The molecule has 2 aliphatic rings. The number of aromatic hydroxyl groups is 1. The summed E-state index contributed by atoms with van der Waals surface area (Å²) in [5.41, 5.74) is 6.74. The zero-order valence-electron chi connectivity index (χ0n) is 14.5. The van der Waals surface area contributed by atoms with Gasteiger partial charge in [-0.1, -0.05) is 6.42 Å². The molecule has 0 spiro atoms. The summed E-state index contributed by atoms with van der Waals surface area (Å²) in [5, 5.41) is 12.2. The van der Waals surface area contributed by atoms with Gasteiger partial charge in [-0.2, -0.15) is 0 Å². The van der Waals surface area contributed by atoms with Gasteiger partial charge in [0.1, 0.15) is 5.75 Å². The first-order chi connectivity index (χ1) is 12.0. The van der Waals surface area contributed by atoms with Crippen molar-refractivity contribution in [2.45, 2.75) is 44.6 Å². The summed E-state index contributed by atoms with van der Waals surface area (Å²) in [7, 11) is 0. The predicted octanol–water partition coefficient (Wildman–Crippen LogP) is 2.09. The molecule has 2 atom stereocenters. The third-order valence-corrected chi connectivity index (χ3v) is 5.51. The van der Waals surface area contributed by atoms with Crippen LogP contribution in [0.2, 0.25) is 0 Å². The van der Waals surface area contributed by atoms with Gasteiger partial charge in [0, 0.05) is 37.2 Å². The van der Waals surface area contributed by atoms with Gasteiger partial charge in [-0.05, 0) is 55.9 Å². The molecule has 1 aliphatic heterocycles. The number of hydrogen-bond donors (Lipinski definition) is 3. The SMILES string of the molecule is N[C@@H]1CCC[C@H]1CC(=O)N1CCC(C(=O)Nc2ccc(O)cc2)CC1. The van der Waals surface area contributed by atoms with Crippen LogP contribution in [0.1, 0.15) is 38.5 Å². The van der Waals surface area contributed by atoms with Crippen molar-refractivity contribution >= 4 is 17.5 Å². The van der Waals surface area contributed by atoms with E-state index in [4.69, 9.17) is 5.73 Å². The lowest BCUT2D eigenvalue weighted by Gasteiger charge is -2.32. The van der Waals surface area contributed by atoms with Gasteiger partial charge >= 0.3 is 0 Å². The number of likely N-dealkylation sites (tertiary alicyclic amines) is 1. The molecule has 0 aromatic heterocycles. The highest BCUT2D eigenvalue weighted by molar-refractivity contribution is 5.92. The number of carbonyl (C=O) groups excluding carboxylic acids is 2. The van der Waals surface area contributed by atoms with E-state index in [1.54, 1.807) is 24.3 Å². The van der Waals surface area contributed by atoms with Crippen molar-refractivity contribution in [1.82, 2.24) is 4.90 Å². The molecule has 1 aromatic carbocycles. The van der Waals surface area contributed by atoms with Gasteiger partial charge < -0.3 is 21.1 Å². The number of phenolic OH excluding ortho intramolecular Hbond substituents is 1. The first-order valence-electron chi connectivity index (χ1n) is 9.16. The minimum atomic E-state index is -0.0772. The lowest BCUT2D eigenvalue weighted by atomic mass is 9.94. The second kappa shape index (κ2) is 7.87. The number of anilines is 1. The molecule has 2 amide bonds. The van der Waals surface area contributed by atoms with Crippen LogP contribution in [0.5, 0.6) is 5.75 Å². The van der Waals surface area contributed by atoms with Crippen LogP contribution in [0.4, 0.5) is 5.69 Å². The molecule has 0 unspecified atom stereocenters. The molecule has 1 aromatic rings. The standard InChI is InChI=1S/C19H27N3O3/c20-17-3-1-2-14(17)12-18(24)22-10-8-13(9-11-22)19(25)21-15-4-6-16(23)7-5-15/h4-7,13-14,17,23H,1-3,8-12,20H2,(H,21,25)/t14-,17+/m0/s1. The van der Waals surface area contributed by atoms with E-state index in [1.165, 1.54) is 0 Å². The van der Waals surface area contributed by atoms with Gasteiger partial charge in [0.25, 0.3) is 0 Å². The highest BCUT2D eigenvalue weighted by Gasteiger charge is 2.31. The number of hydrogen-bond acceptors (Lipinski definition) is 4. The van der Waals surface area contributed by atoms with Gasteiger partial charge in [-0.25, -0.2) is 0 Å². The number of piperidine rings is 1. The van der Waals surface area contributed by atoms with Crippen LogP contribution in [0.15, 0.2) is 24.3 Å². The van der Waals surface area contributed by atoms with E-state index in [1.807, 2.05) is 4.90 Å². The third kappa shape index (κ3) is 4.51. The summed E-state index contributed by atoms with van der Waals surface area (Å²) in [5.74, 6) is 0.580. The molecule has 1 saturated heterocycles. The minimum absolute atomic E-state index is 0.0180. The number of phenols is 1. The molecule has 0 radical (unpaired) electrons. The first kappa shape index (κ1) is 17.7. The smallest absolute Gasteiger partial charge is 0.227 e. The van der Waals surface area contributed by atoms with Crippen LogP contribution in [-0.2, 0) is 9.59 Å². The Hall–Kier alpha value is -2.08. The lowest BCUT2D eigenvalue weighted by Crippen LogP contribution is -2.42. The van der Waals surface area contributed by atoms with Crippen LogP contribution in [0.25, 0.3) is 0 Å². The van der Waals surface area contributed by atoms with Gasteiger partial charge in [-0.15, -0.1) is 0 Å². The third-order valence-electron chi connectivity index (χ3n) is 5.51. The summed E-state index contributed by atoms with van der Waals surface area (Å²) in [6, 6.07) is 6.61. The largest absolute Gasteiger partial charge is 0.508 e. The Balaban J connectivity index is 1.45. The van der Waals surface area contributed by atoms with E-state index >= 15 is 0 Å². The van der Waals surface area contributed by atoms with E-state index < -0.39 is 0 Å². The summed E-state index contributed by atoms with van der Waals surface area (Å²) in [6.45, 7) is 1.27. The normalized spacial score (nSPS) is 24.3. The maximum Gasteiger partial charge on any atom is 0.227 e. The van der Waals surface area contributed by atoms with Gasteiger partial charge in [-0.3, -0.25) is 9.59 Å². The fraction of sp³-hybridized carbons (Fsp3) is 0.579. The predicted molar refractivity (Wildman–Crippen MR) is 96.0 cm³/mol. The minimum Gasteiger partial charge on any atom is -0.508 e. The first-order valence-corrected chi connectivity index (χ1v) is 9.16. The van der Waals surface area contributed by atoms with Gasteiger partial charge in [0.2, 0.25) is 11.8 Å². The van der Waals surface area contributed by atoms with E-state index in [9.17, 15) is 14.7 Å². The van der Waals surface area contributed by atoms with Crippen LogP contribution in [0, 0.1) is 11.8 Å². The average molecular weight is 345 g/mol. The van der Waals surface area contributed by atoms with Gasteiger partial charge in [0.15, 0.2) is 0 Å². The Labute approximate surface area is 148 Å². The Morgan fingerprint density at radius 1 is 1.12 bits per heavy atom. The topological polar surface area (TPSA) is 95.7 Å². The fourth-order valence-electron chi connectivity index (χ4n) is 3.85. The fourth-order valence-corrected chi connectivity index (χ4v) is 3.85. The Kier molecular flexibility index (Phi) is 5.58. The molecule has 2 fully saturated rings.